The summed E-state index contributed by atoms with van der Waals surface area (Å²) in [5.41, 5.74) is 1.97. The molecule has 8 heteroatoms. The number of carbonyl (C=O) groups excluding carboxylic acids is 2. The van der Waals surface area contributed by atoms with Crippen molar-refractivity contribution in [1.29, 1.82) is 0 Å². The molecule has 1 aromatic heterocycles. The summed E-state index contributed by atoms with van der Waals surface area (Å²) in [6.07, 6.45) is 5.19. The molecule has 0 aliphatic carbocycles. The maximum absolute atomic E-state index is 13.6. The third-order valence-corrected chi connectivity index (χ3v) is 7.44. The average molecular weight is 467 g/mol. The molecule has 2 aliphatic heterocycles. The highest BCUT2D eigenvalue weighted by Gasteiger charge is 2.32. The molecule has 2 aromatic rings. The van der Waals surface area contributed by atoms with E-state index in [0.29, 0.717) is 51.1 Å². The van der Waals surface area contributed by atoms with Crippen molar-refractivity contribution in [3.63, 3.8) is 0 Å². The fraction of sp³-hybridized carbons (Fsp3) is 0.615. The number of aryl methyl sites for hydroxylation is 3. The van der Waals surface area contributed by atoms with Crippen LogP contribution in [0.15, 0.2) is 24.3 Å². The first kappa shape index (κ1) is 24.4. The highest BCUT2D eigenvalue weighted by Crippen LogP contribution is 2.30. The third-order valence-electron chi connectivity index (χ3n) is 7.44. The van der Waals surface area contributed by atoms with Gasteiger partial charge in [-0.2, -0.15) is 5.10 Å². The van der Waals surface area contributed by atoms with E-state index in [9.17, 15) is 9.59 Å². The second-order valence-corrected chi connectivity index (χ2v) is 9.67. The van der Waals surface area contributed by atoms with Crippen LogP contribution in [0.25, 0.3) is 0 Å². The predicted octanol–water partition coefficient (Wildman–Crippen LogP) is 3.31. The van der Waals surface area contributed by atoms with Gasteiger partial charge in [-0.25, -0.2) is 9.67 Å². The van der Waals surface area contributed by atoms with Crippen molar-refractivity contribution in [3.05, 3.63) is 41.5 Å². The minimum atomic E-state index is 0.116. The van der Waals surface area contributed by atoms with Gasteiger partial charge >= 0.3 is 0 Å². The molecule has 0 radical (unpaired) electrons. The zero-order chi connectivity index (χ0) is 24.2. The fourth-order valence-electron chi connectivity index (χ4n) is 5.47. The van der Waals surface area contributed by atoms with Gasteiger partial charge < -0.3 is 9.80 Å². The van der Waals surface area contributed by atoms with Gasteiger partial charge in [-0.1, -0.05) is 31.5 Å². The molecule has 2 bridgehead atoms. The van der Waals surface area contributed by atoms with Crippen LogP contribution < -0.4 is 4.90 Å². The van der Waals surface area contributed by atoms with Crippen LogP contribution in [0.4, 0.5) is 5.69 Å². The van der Waals surface area contributed by atoms with E-state index in [1.54, 1.807) is 0 Å². The van der Waals surface area contributed by atoms with E-state index >= 15 is 0 Å². The van der Waals surface area contributed by atoms with Gasteiger partial charge in [-0.3, -0.25) is 14.5 Å². The highest BCUT2D eigenvalue weighted by atomic mass is 16.2. The van der Waals surface area contributed by atoms with Gasteiger partial charge in [0.2, 0.25) is 11.8 Å². The Hall–Kier alpha value is -2.74. The van der Waals surface area contributed by atoms with Crippen molar-refractivity contribution >= 4 is 17.5 Å². The Kier molecular flexibility index (Phi) is 7.66. The lowest BCUT2D eigenvalue weighted by molar-refractivity contribution is -0.133. The molecule has 0 spiro atoms. The summed E-state index contributed by atoms with van der Waals surface area (Å²) < 4.78 is 1.82. The molecule has 34 heavy (non-hydrogen) atoms. The van der Waals surface area contributed by atoms with Gasteiger partial charge in [0.15, 0.2) is 0 Å². The zero-order valence-electron chi connectivity index (χ0n) is 21.0. The normalized spacial score (nSPS) is 21.6. The first-order valence-electron chi connectivity index (χ1n) is 12.6. The molecule has 3 heterocycles. The number of likely N-dealkylation sites (N-methyl/N-ethyl adjacent to an activating group) is 1. The van der Waals surface area contributed by atoms with Crippen LogP contribution in [-0.2, 0) is 22.7 Å². The second-order valence-electron chi connectivity index (χ2n) is 9.67. The first-order chi connectivity index (χ1) is 16.4. The minimum Gasteiger partial charge on any atom is -0.337 e. The van der Waals surface area contributed by atoms with E-state index in [1.807, 2.05) is 53.5 Å². The summed E-state index contributed by atoms with van der Waals surface area (Å²) in [6.45, 7) is 8.16. The predicted molar refractivity (Wildman–Crippen MR) is 132 cm³/mol. The van der Waals surface area contributed by atoms with Crippen LogP contribution >= 0.6 is 0 Å². The minimum absolute atomic E-state index is 0.116. The van der Waals surface area contributed by atoms with Gasteiger partial charge in [-0.15, -0.1) is 0 Å². The van der Waals surface area contributed by atoms with Gasteiger partial charge in [0.1, 0.15) is 11.6 Å². The summed E-state index contributed by atoms with van der Waals surface area (Å²) in [4.78, 5) is 37.3. The van der Waals surface area contributed by atoms with Crippen molar-refractivity contribution in [2.75, 3.05) is 25.0 Å². The number of hydrogen-bond donors (Lipinski definition) is 0. The summed E-state index contributed by atoms with van der Waals surface area (Å²) >= 11 is 0. The van der Waals surface area contributed by atoms with E-state index in [1.165, 1.54) is 0 Å². The summed E-state index contributed by atoms with van der Waals surface area (Å²) in [5.74, 6) is 1.81. The maximum Gasteiger partial charge on any atom is 0.226 e. The first-order valence-corrected chi connectivity index (χ1v) is 12.6. The van der Waals surface area contributed by atoms with Crippen LogP contribution in [0.5, 0.6) is 0 Å². The number of benzene rings is 1. The molecule has 2 amide bonds. The molecule has 0 N–H and O–H groups in total. The lowest BCUT2D eigenvalue weighted by atomic mass is 9.93. The maximum atomic E-state index is 13.6. The quantitative estimate of drug-likeness (QED) is 0.691. The Morgan fingerprint density at radius 2 is 1.82 bits per heavy atom. The lowest BCUT2D eigenvalue weighted by Crippen LogP contribution is -2.50. The average Bonchev–Trinajstić information content (AvgIpc) is 3.15. The Morgan fingerprint density at radius 1 is 1.06 bits per heavy atom. The molecule has 8 nitrogen and oxygen atoms in total. The van der Waals surface area contributed by atoms with E-state index in [2.05, 4.69) is 28.1 Å². The fourth-order valence-corrected chi connectivity index (χ4v) is 5.47. The molecule has 1 fully saturated rings. The number of hydrogen-bond acceptors (Lipinski definition) is 5. The second kappa shape index (κ2) is 10.7. The Bertz CT molecular complexity index is 1020. The number of para-hydroxylation sites is 1. The van der Waals surface area contributed by atoms with Crippen LogP contribution in [0, 0.1) is 13.8 Å². The molecule has 2 unspecified atom stereocenters. The molecule has 0 saturated carbocycles. The number of carbonyl (C=O) groups is 2. The van der Waals surface area contributed by atoms with Crippen molar-refractivity contribution in [2.24, 2.45) is 0 Å². The topological polar surface area (TPSA) is 74.6 Å². The number of fused-ring (bicyclic) bond motifs is 3. The Morgan fingerprint density at radius 3 is 2.56 bits per heavy atom. The Labute approximate surface area is 202 Å². The molecule has 2 aliphatic rings. The van der Waals surface area contributed by atoms with Crippen LogP contribution in [0.1, 0.15) is 62.7 Å². The summed E-state index contributed by atoms with van der Waals surface area (Å²) in [7, 11) is 2.19. The van der Waals surface area contributed by atoms with Crippen LogP contribution in [0.2, 0.25) is 0 Å². The molecule has 2 atom stereocenters. The third kappa shape index (κ3) is 5.32. The molecule has 4 rings (SSSR count). The van der Waals surface area contributed by atoms with Gasteiger partial charge in [-0.05, 0) is 51.8 Å². The van der Waals surface area contributed by atoms with E-state index in [4.69, 9.17) is 0 Å². The number of anilines is 1. The molecular weight excluding hydrogens is 428 g/mol. The van der Waals surface area contributed by atoms with Gasteiger partial charge in [0.05, 0.1) is 6.54 Å². The van der Waals surface area contributed by atoms with E-state index in [-0.39, 0.29) is 11.8 Å². The van der Waals surface area contributed by atoms with Gasteiger partial charge in [0, 0.05) is 50.2 Å². The molecule has 184 valence electrons. The smallest absolute Gasteiger partial charge is 0.226 e. The lowest BCUT2D eigenvalue weighted by Gasteiger charge is -2.42. The Balaban J connectivity index is 1.64. The van der Waals surface area contributed by atoms with Crippen molar-refractivity contribution < 1.29 is 9.59 Å². The number of nitrogens with zero attached hydrogens (tertiary/aromatic N) is 6. The molecule has 1 aromatic carbocycles. The zero-order valence-corrected chi connectivity index (χ0v) is 21.0. The summed E-state index contributed by atoms with van der Waals surface area (Å²) in [5, 5.41) is 4.42. The van der Waals surface area contributed by atoms with Crippen molar-refractivity contribution in [1.82, 2.24) is 24.6 Å². The van der Waals surface area contributed by atoms with E-state index in [0.717, 1.165) is 48.6 Å². The van der Waals surface area contributed by atoms with Crippen molar-refractivity contribution in [2.45, 2.75) is 84.5 Å². The molecule has 1 saturated heterocycles. The SMILES string of the molecule is CCC(=O)N1CCC2CCCC(CN(C(=O)CCn3nc(C)nc3C)Cc3ccccc31)N2C. The summed E-state index contributed by atoms with van der Waals surface area (Å²) in [6, 6.07) is 8.83. The van der Waals surface area contributed by atoms with Crippen LogP contribution in [-0.4, -0.2) is 68.6 Å². The van der Waals surface area contributed by atoms with Crippen LogP contribution in [0.3, 0.4) is 0 Å². The number of aromatic nitrogens is 3. The highest BCUT2D eigenvalue weighted by molar-refractivity contribution is 5.94. The number of piperidine rings is 1. The number of amides is 2. The van der Waals surface area contributed by atoms with Gasteiger partial charge in [0.25, 0.3) is 0 Å². The largest absolute Gasteiger partial charge is 0.337 e. The standard InChI is InChI=1S/C26H38N6O2/c1-5-25(33)31-15-13-22-10-8-11-23(29(22)4)18-30(17-21-9-6-7-12-24(21)31)26(34)14-16-32-20(3)27-19(2)28-32/h6-7,9,12,22-23H,5,8,10-11,13-18H2,1-4H3. The van der Waals surface area contributed by atoms with E-state index < -0.39 is 0 Å². The number of rotatable bonds is 4. The monoisotopic (exact) mass is 466 g/mol. The molecular formula is C26H38N6O2. The van der Waals surface area contributed by atoms with Crippen molar-refractivity contribution in [3.8, 4) is 0 Å².